The molecule has 1 aromatic carbocycles. The number of benzene rings is 1. The summed E-state index contributed by atoms with van der Waals surface area (Å²) < 4.78 is 38.6. The summed E-state index contributed by atoms with van der Waals surface area (Å²) in [7, 11) is 0. The van der Waals surface area contributed by atoms with Crippen LogP contribution in [0.1, 0.15) is 95.0 Å². The maximum absolute atomic E-state index is 13.5. The maximum Gasteiger partial charge on any atom is 0.159 e. The molecule has 0 spiro atoms. The molecule has 0 aromatic heterocycles. The second kappa shape index (κ2) is 11.1. The highest BCUT2D eigenvalue weighted by Crippen LogP contribution is 2.40. The number of hydrogen-bond acceptors (Lipinski definition) is 0. The molecule has 0 unspecified atom stereocenters. The second-order valence-electron chi connectivity index (χ2n) is 9.15. The van der Waals surface area contributed by atoms with E-state index >= 15 is 0 Å². The molecule has 28 heavy (non-hydrogen) atoms. The Kier molecular flexibility index (Phi) is 8.48. The third-order valence-electron chi connectivity index (χ3n) is 7.28. The van der Waals surface area contributed by atoms with Gasteiger partial charge in [0.15, 0.2) is 11.6 Å². The molecule has 3 heteroatoms. The molecule has 2 aliphatic carbocycles. The summed E-state index contributed by atoms with van der Waals surface area (Å²) in [6, 6.07) is 4.42. The lowest BCUT2D eigenvalue weighted by molar-refractivity contribution is 0.223. The van der Waals surface area contributed by atoms with E-state index in [1.54, 1.807) is 12.1 Å². The maximum atomic E-state index is 13.5. The molecule has 0 amide bonds. The highest BCUT2D eigenvalue weighted by molar-refractivity contribution is 5.22. The number of halogens is 3. The van der Waals surface area contributed by atoms with Crippen molar-refractivity contribution in [3.63, 3.8) is 0 Å². The zero-order valence-electron chi connectivity index (χ0n) is 17.0. The van der Waals surface area contributed by atoms with E-state index < -0.39 is 11.6 Å². The van der Waals surface area contributed by atoms with Crippen molar-refractivity contribution in [2.24, 2.45) is 17.8 Å². The molecule has 0 aliphatic heterocycles. The van der Waals surface area contributed by atoms with Gasteiger partial charge in [0.25, 0.3) is 0 Å². The largest absolute Gasteiger partial charge is 0.216 e. The van der Waals surface area contributed by atoms with Crippen LogP contribution in [0.25, 0.3) is 0 Å². The molecule has 0 heterocycles. The van der Waals surface area contributed by atoms with Gasteiger partial charge in [0, 0.05) is 0 Å². The van der Waals surface area contributed by atoms with Crippen LogP contribution in [0.15, 0.2) is 30.6 Å². The van der Waals surface area contributed by atoms with Crippen LogP contribution in [0.4, 0.5) is 13.2 Å². The van der Waals surface area contributed by atoms with E-state index in [0.29, 0.717) is 12.2 Å². The van der Waals surface area contributed by atoms with Crippen molar-refractivity contribution in [3.05, 3.63) is 47.8 Å². The minimum Gasteiger partial charge on any atom is -0.216 e. The zero-order chi connectivity index (χ0) is 19.8. The summed E-state index contributed by atoms with van der Waals surface area (Å²) >= 11 is 0. The predicted molar refractivity (Wildman–Crippen MR) is 110 cm³/mol. The highest BCUT2D eigenvalue weighted by Gasteiger charge is 2.25. The van der Waals surface area contributed by atoms with E-state index in [4.69, 9.17) is 0 Å². The minimum atomic E-state index is -0.747. The van der Waals surface area contributed by atoms with Crippen LogP contribution >= 0.6 is 0 Å². The first-order chi connectivity index (χ1) is 13.7. The van der Waals surface area contributed by atoms with E-state index in [9.17, 15) is 13.2 Å². The van der Waals surface area contributed by atoms with Crippen molar-refractivity contribution in [3.8, 4) is 0 Å². The first-order valence-corrected chi connectivity index (χ1v) is 11.4. The van der Waals surface area contributed by atoms with Crippen molar-refractivity contribution < 1.29 is 13.2 Å². The standard InChI is InChI=1S/C25H35F3/c26-17-3-1-2-4-19-5-7-20(8-6-19)9-10-21-11-13-22(14-12-21)23-15-16-24(27)25(28)18-23/h3,15-22H,1-2,4-14H2/b17-3+/t19-,20-,21-,22-. The summed E-state index contributed by atoms with van der Waals surface area (Å²) in [5.74, 6) is 1.50. The lowest BCUT2D eigenvalue weighted by atomic mass is 9.74. The van der Waals surface area contributed by atoms with Crippen molar-refractivity contribution >= 4 is 0 Å². The first kappa shape index (κ1) is 21.5. The van der Waals surface area contributed by atoms with Gasteiger partial charge in [-0.1, -0.05) is 57.1 Å². The van der Waals surface area contributed by atoms with E-state index in [1.807, 2.05) is 0 Å². The molecule has 0 radical (unpaired) electrons. The smallest absolute Gasteiger partial charge is 0.159 e. The summed E-state index contributed by atoms with van der Waals surface area (Å²) in [4.78, 5) is 0. The molecule has 2 aliphatic rings. The van der Waals surface area contributed by atoms with Gasteiger partial charge in [-0.2, -0.15) is 0 Å². The third kappa shape index (κ3) is 6.39. The second-order valence-corrected chi connectivity index (χ2v) is 9.15. The molecule has 3 rings (SSSR count). The van der Waals surface area contributed by atoms with Crippen LogP contribution < -0.4 is 0 Å². The molecule has 156 valence electrons. The Labute approximate surface area is 168 Å². The molecule has 2 saturated carbocycles. The monoisotopic (exact) mass is 392 g/mol. The number of allylic oxidation sites excluding steroid dienone is 1. The fourth-order valence-electron chi connectivity index (χ4n) is 5.42. The van der Waals surface area contributed by atoms with Crippen LogP contribution in [0, 0.1) is 29.4 Å². The van der Waals surface area contributed by atoms with Crippen LogP contribution in [0.2, 0.25) is 0 Å². The van der Waals surface area contributed by atoms with Gasteiger partial charge in [-0.3, -0.25) is 0 Å². The number of unbranched alkanes of at least 4 members (excludes halogenated alkanes) is 1. The van der Waals surface area contributed by atoms with Gasteiger partial charge in [-0.25, -0.2) is 13.2 Å². The summed E-state index contributed by atoms with van der Waals surface area (Å²) in [5, 5.41) is 0. The average Bonchev–Trinajstić information content (AvgIpc) is 2.73. The van der Waals surface area contributed by atoms with Gasteiger partial charge in [-0.15, -0.1) is 0 Å². The molecule has 0 saturated heterocycles. The SMILES string of the molecule is F/C=C/CCC[C@H]1CC[C@H](CC[C@H]2CC[C@H](c3ccc(F)c(F)c3)CC2)CC1. The Hall–Kier alpha value is -1.25. The molecule has 2 fully saturated rings. The van der Waals surface area contributed by atoms with Crippen LogP contribution in [-0.2, 0) is 0 Å². The predicted octanol–water partition coefficient (Wildman–Crippen LogP) is 8.48. The molecular weight excluding hydrogens is 357 g/mol. The quantitative estimate of drug-likeness (QED) is 0.389. The van der Waals surface area contributed by atoms with Crippen LogP contribution in [0.5, 0.6) is 0 Å². The normalized spacial score (nSPS) is 28.7. The summed E-state index contributed by atoms with van der Waals surface area (Å²) in [5.41, 5.74) is 0.970. The topological polar surface area (TPSA) is 0 Å². The number of rotatable bonds is 8. The fraction of sp³-hybridized carbons (Fsp3) is 0.680. The lowest BCUT2D eigenvalue weighted by Crippen LogP contribution is -2.18. The molecule has 0 N–H and O–H groups in total. The van der Waals surface area contributed by atoms with Gasteiger partial charge < -0.3 is 0 Å². The van der Waals surface area contributed by atoms with E-state index in [1.165, 1.54) is 69.9 Å². The van der Waals surface area contributed by atoms with Crippen molar-refractivity contribution in [1.82, 2.24) is 0 Å². The Morgan fingerprint density at radius 3 is 1.89 bits per heavy atom. The molecule has 0 nitrogen and oxygen atoms in total. The Balaban J connectivity index is 1.31. The minimum absolute atomic E-state index is 0.397. The van der Waals surface area contributed by atoms with Gasteiger partial charge >= 0.3 is 0 Å². The van der Waals surface area contributed by atoms with E-state index in [2.05, 4.69) is 0 Å². The van der Waals surface area contributed by atoms with Crippen molar-refractivity contribution in [1.29, 1.82) is 0 Å². The highest BCUT2D eigenvalue weighted by atomic mass is 19.2. The molecule has 0 atom stereocenters. The Morgan fingerprint density at radius 1 is 0.750 bits per heavy atom. The van der Waals surface area contributed by atoms with Gasteiger partial charge in [-0.05, 0) is 79.9 Å². The van der Waals surface area contributed by atoms with Crippen molar-refractivity contribution in [2.75, 3.05) is 0 Å². The summed E-state index contributed by atoms with van der Waals surface area (Å²) in [6.07, 6.45) is 18.4. The molecular formula is C25H35F3. The zero-order valence-corrected chi connectivity index (χ0v) is 17.0. The van der Waals surface area contributed by atoms with Crippen molar-refractivity contribution in [2.45, 2.75) is 89.4 Å². The van der Waals surface area contributed by atoms with E-state index in [0.717, 1.165) is 49.0 Å². The Morgan fingerprint density at radius 2 is 1.32 bits per heavy atom. The summed E-state index contributed by atoms with van der Waals surface area (Å²) in [6.45, 7) is 0. The molecule has 0 bridgehead atoms. The first-order valence-electron chi connectivity index (χ1n) is 11.4. The Bertz CT molecular complexity index is 608. The van der Waals surface area contributed by atoms with Crippen LogP contribution in [-0.4, -0.2) is 0 Å². The number of hydrogen-bond donors (Lipinski definition) is 0. The lowest BCUT2D eigenvalue weighted by Gasteiger charge is -2.32. The van der Waals surface area contributed by atoms with E-state index in [-0.39, 0.29) is 0 Å². The third-order valence-corrected chi connectivity index (χ3v) is 7.28. The molecule has 1 aromatic rings. The van der Waals surface area contributed by atoms with Crippen LogP contribution in [0.3, 0.4) is 0 Å². The average molecular weight is 393 g/mol. The van der Waals surface area contributed by atoms with Gasteiger partial charge in [0.1, 0.15) is 0 Å². The fourth-order valence-corrected chi connectivity index (χ4v) is 5.42. The van der Waals surface area contributed by atoms with Gasteiger partial charge in [0.05, 0.1) is 6.33 Å². The van der Waals surface area contributed by atoms with Gasteiger partial charge in [0.2, 0.25) is 0 Å².